The number of para-hydroxylation sites is 1. The number of benzene rings is 1. The van der Waals surface area contributed by atoms with Gasteiger partial charge in [-0.1, -0.05) is 18.2 Å². The lowest BCUT2D eigenvalue weighted by atomic mass is 10.1. The Bertz CT molecular complexity index is 976. The molecule has 0 N–H and O–H groups in total. The number of nitrogens with zero attached hydrogens (tertiary/aromatic N) is 2. The summed E-state index contributed by atoms with van der Waals surface area (Å²) in [4.78, 5) is 25.2. The van der Waals surface area contributed by atoms with Crippen LogP contribution in [-0.4, -0.2) is 15.0 Å². The molecule has 4 nitrogen and oxygen atoms in total. The van der Waals surface area contributed by atoms with E-state index < -0.39 is 0 Å². The lowest BCUT2D eigenvalue weighted by Crippen LogP contribution is -2.19. The Morgan fingerprint density at radius 3 is 2.71 bits per heavy atom. The molecule has 3 aromatic rings. The van der Waals surface area contributed by atoms with Crippen LogP contribution in [-0.2, 0) is 6.54 Å². The van der Waals surface area contributed by atoms with Crippen LogP contribution >= 0.6 is 0 Å². The number of carbonyl (C=O) groups is 1. The molecule has 4 rings (SSSR count). The Hall–Kier alpha value is -2.88. The van der Waals surface area contributed by atoms with Crippen molar-refractivity contribution in [2.75, 3.05) is 0 Å². The highest BCUT2D eigenvalue weighted by atomic mass is 16.2. The van der Waals surface area contributed by atoms with Crippen molar-refractivity contribution < 1.29 is 4.79 Å². The van der Waals surface area contributed by atoms with Gasteiger partial charge in [-0.15, -0.1) is 6.58 Å². The van der Waals surface area contributed by atoms with E-state index in [-0.39, 0.29) is 16.9 Å². The quantitative estimate of drug-likeness (QED) is 0.528. The van der Waals surface area contributed by atoms with Crippen molar-refractivity contribution >= 4 is 16.8 Å². The summed E-state index contributed by atoms with van der Waals surface area (Å²) >= 11 is 0. The first-order chi connectivity index (χ1) is 10.2. The minimum Gasteiger partial charge on any atom is -0.335 e. The average Bonchev–Trinajstić information content (AvgIpc) is 3.07. The van der Waals surface area contributed by atoms with Crippen LogP contribution in [0.5, 0.6) is 0 Å². The van der Waals surface area contributed by atoms with E-state index in [9.17, 15) is 9.59 Å². The maximum absolute atomic E-state index is 12.7. The van der Waals surface area contributed by atoms with Crippen molar-refractivity contribution in [3.8, 4) is 11.4 Å². The summed E-state index contributed by atoms with van der Waals surface area (Å²) in [5.41, 5.74) is 2.33. The van der Waals surface area contributed by atoms with Gasteiger partial charge in [0.15, 0.2) is 0 Å². The first kappa shape index (κ1) is 11.9. The van der Waals surface area contributed by atoms with Crippen molar-refractivity contribution in [1.29, 1.82) is 0 Å². The van der Waals surface area contributed by atoms with E-state index in [1.54, 1.807) is 18.3 Å². The highest BCUT2D eigenvalue weighted by Crippen LogP contribution is 2.32. The summed E-state index contributed by atoms with van der Waals surface area (Å²) in [6.07, 6.45) is 3.47. The predicted octanol–water partition coefficient (Wildman–Crippen LogP) is 2.66. The number of aromatic nitrogens is 2. The molecule has 0 fully saturated rings. The van der Waals surface area contributed by atoms with Crippen LogP contribution in [0.25, 0.3) is 22.3 Å². The first-order valence-electron chi connectivity index (χ1n) is 6.73. The van der Waals surface area contributed by atoms with Crippen LogP contribution in [0.15, 0.2) is 60.0 Å². The van der Waals surface area contributed by atoms with Crippen molar-refractivity contribution in [3.63, 3.8) is 0 Å². The number of fused-ring (bicyclic) bond motifs is 4. The summed E-state index contributed by atoms with van der Waals surface area (Å²) in [6.45, 7) is 4.33. The largest absolute Gasteiger partial charge is 0.335 e. The second kappa shape index (κ2) is 4.06. The van der Waals surface area contributed by atoms with Gasteiger partial charge in [-0.05, 0) is 24.3 Å². The van der Waals surface area contributed by atoms with Crippen molar-refractivity contribution in [1.82, 2.24) is 9.13 Å². The highest BCUT2D eigenvalue weighted by Gasteiger charge is 2.32. The van der Waals surface area contributed by atoms with Gasteiger partial charge in [0.1, 0.15) is 5.56 Å². The molecule has 1 aliphatic rings. The van der Waals surface area contributed by atoms with E-state index in [1.165, 1.54) is 4.57 Å². The molecular formula is C17H12N2O2. The number of hydrogen-bond donors (Lipinski definition) is 0. The fraction of sp³-hybridized carbons (Fsp3) is 0.0588. The lowest BCUT2D eigenvalue weighted by molar-refractivity contribution is 0.0968. The Labute approximate surface area is 120 Å². The van der Waals surface area contributed by atoms with Gasteiger partial charge in [-0.25, -0.2) is 0 Å². The van der Waals surface area contributed by atoms with Gasteiger partial charge >= 0.3 is 0 Å². The van der Waals surface area contributed by atoms with Gasteiger partial charge in [0.2, 0.25) is 5.43 Å². The van der Waals surface area contributed by atoms with Crippen LogP contribution in [0.3, 0.4) is 0 Å². The molecule has 0 amide bonds. The average molecular weight is 276 g/mol. The fourth-order valence-corrected chi connectivity index (χ4v) is 3.05. The van der Waals surface area contributed by atoms with E-state index >= 15 is 0 Å². The standard InChI is InChI=1S/C17H12N2O2/c1-2-9-18-12-7-4-3-6-11(12)16(20)14-15(18)13-8-5-10-19(13)17(14)21/h2-8,10H,1,9H2. The molecule has 1 aromatic carbocycles. The first-order valence-corrected chi connectivity index (χ1v) is 6.73. The van der Waals surface area contributed by atoms with Crippen LogP contribution in [0.2, 0.25) is 0 Å². The van der Waals surface area contributed by atoms with Gasteiger partial charge in [0.05, 0.1) is 16.9 Å². The smallest absolute Gasteiger partial charge is 0.268 e. The predicted molar refractivity (Wildman–Crippen MR) is 81.6 cm³/mol. The van der Waals surface area contributed by atoms with Crippen molar-refractivity contribution in [3.05, 3.63) is 71.0 Å². The molecule has 0 radical (unpaired) electrons. The SMILES string of the molecule is C=CCn1c2c(c(=O)c3ccccc31)C(=O)n1cccc1-2. The number of carbonyl (C=O) groups excluding carboxylic acids is 1. The van der Waals surface area contributed by atoms with Gasteiger partial charge < -0.3 is 4.57 Å². The summed E-state index contributed by atoms with van der Waals surface area (Å²) < 4.78 is 3.51. The molecule has 0 saturated carbocycles. The second-order valence-corrected chi connectivity index (χ2v) is 5.04. The molecule has 0 saturated heterocycles. The minimum atomic E-state index is -0.251. The maximum atomic E-state index is 12.7. The van der Waals surface area contributed by atoms with Gasteiger partial charge in [-0.3, -0.25) is 14.2 Å². The third-order valence-corrected chi connectivity index (χ3v) is 3.91. The molecule has 0 atom stereocenters. The summed E-state index contributed by atoms with van der Waals surface area (Å²) in [6, 6.07) is 11.0. The summed E-state index contributed by atoms with van der Waals surface area (Å²) in [5.74, 6) is -0.251. The van der Waals surface area contributed by atoms with Crippen molar-refractivity contribution in [2.24, 2.45) is 0 Å². The number of hydrogen-bond acceptors (Lipinski definition) is 2. The second-order valence-electron chi connectivity index (χ2n) is 5.04. The van der Waals surface area contributed by atoms with Crippen LogP contribution in [0, 0.1) is 0 Å². The van der Waals surface area contributed by atoms with E-state index in [2.05, 4.69) is 6.58 Å². The molecule has 102 valence electrons. The van der Waals surface area contributed by atoms with Crippen LogP contribution < -0.4 is 5.43 Å². The van der Waals surface area contributed by atoms with E-state index in [1.807, 2.05) is 34.9 Å². The van der Waals surface area contributed by atoms with E-state index in [4.69, 9.17) is 0 Å². The molecule has 21 heavy (non-hydrogen) atoms. The zero-order chi connectivity index (χ0) is 14.6. The van der Waals surface area contributed by atoms with Gasteiger partial charge in [-0.2, -0.15) is 0 Å². The summed E-state index contributed by atoms with van der Waals surface area (Å²) in [5, 5.41) is 0.567. The molecule has 0 aliphatic carbocycles. The third kappa shape index (κ3) is 1.39. The molecule has 2 aromatic heterocycles. The summed E-state index contributed by atoms with van der Waals surface area (Å²) in [7, 11) is 0. The molecule has 0 bridgehead atoms. The number of pyridine rings is 1. The van der Waals surface area contributed by atoms with E-state index in [0.717, 1.165) is 11.2 Å². The van der Waals surface area contributed by atoms with E-state index in [0.29, 0.717) is 17.6 Å². The number of allylic oxidation sites excluding steroid dienone is 1. The molecule has 3 heterocycles. The minimum absolute atomic E-state index is 0.199. The van der Waals surface area contributed by atoms with Crippen LogP contribution in [0.4, 0.5) is 0 Å². The van der Waals surface area contributed by atoms with Crippen molar-refractivity contribution in [2.45, 2.75) is 6.54 Å². The molecule has 4 heteroatoms. The topological polar surface area (TPSA) is 44.0 Å². The Morgan fingerprint density at radius 1 is 1.10 bits per heavy atom. The van der Waals surface area contributed by atoms with Gasteiger partial charge in [0.25, 0.3) is 5.91 Å². The Kier molecular flexibility index (Phi) is 2.30. The number of rotatable bonds is 2. The monoisotopic (exact) mass is 276 g/mol. The molecule has 1 aliphatic heterocycles. The zero-order valence-corrected chi connectivity index (χ0v) is 11.2. The third-order valence-electron chi connectivity index (χ3n) is 3.91. The fourth-order valence-electron chi connectivity index (χ4n) is 3.05. The molecule has 0 spiro atoms. The van der Waals surface area contributed by atoms with Gasteiger partial charge in [0, 0.05) is 18.1 Å². The Morgan fingerprint density at radius 2 is 1.90 bits per heavy atom. The molecule has 0 unspecified atom stereocenters. The zero-order valence-electron chi connectivity index (χ0n) is 11.2. The normalized spacial score (nSPS) is 12.5. The lowest BCUT2D eigenvalue weighted by Gasteiger charge is -2.14. The molecular weight excluding hydrogens is 264 g/mol. The maximum Gasteiger partial charge on any atom is 0.268 e. The Balaban J connectivity index is 2.27. The van der Waals surface area contributed by atoms with Crippen LogP contribution in [0.1, 0.15) is 10.4 Å². The highest BCUT2D eigenvalue weighted by molar-refractivity contribution is 6.10.